The van der Waals surface area contributed by atoms with E-state index in [0.29, 0.717) is 0 Å². The minimum absolute atomic E-state index is 0.754. The number of carbonyl (C=O) groups is 2. The first-order valence-electron chi connectivity index (χ1n) is 10.2. The zero-order valence-electron chi connectivity index (χ0n) is 16.4. The fraction of sp³-hybridized carbons (Fsp3) is 0.750. The Hall–Kier alpha value is -1.15. The Morgan fingerprint density at radius 1 is 0.964 bits per heavy atom. The van der Waals surface area contributed by atoms with Gasteiger partial charge in [-0.1, -0.05) is 38.5 Å². The summed E-state index contributed by atoms with van der Waals surface area (Å²) in [5.74, 6) is -2.32. The number of aliphatic carboxylic acids is 2. The third kappa shape index (κ3) is 9.37. The van der Waals surface area contributed by atoms with E-state index in [1.807, 2.05) is 12.5 Å². The lowest BCUT2D eigenvalue weighted by Crippen LogP contribution is -2.22. The Labute approximate surface area is 175 Å². The van der Waals surface area contributed by atoms with E-state index < -0.39 is 11.9 Å². The van der Waals surface area contributed by atoms with Crippen LogP contribution in [-0.2, 0) is 16.1 Å². The second kappa shape index (κ2) is 13.1. The minimum atomic E-state index is -1.82. The summed E-state index contributed by atoms with van der Waals surface area (Å²) in [4.78, 5) is 22.4. The number of imidazole rings is 1. The van der Waals surface area contributed by atoms with Crippen LogP contribution in [-0.4, -0.2) is 53.2 Å². The molecule has 0 aliphatic heterocycles. The summed E-state index contributed by atoms with van der Waals surface area (Å²) in [7, 11) is 0. The van der Waals surface area contributed by atoms with Gasteiger partial charge < -0.3 is 14.8 Å². The molecule has 2 N–H and O–H groups in total. The molecule has 2 fully saturated rings. The molecule has 3 rings (SSSR count). The summed E-state index contributed by atoms with van der Waals surface area (Å²) in [6, 6.07) is 0. The van der Waals surface area contributed by atoms with E-state index in [9.17, 15) is 0 Å². The van der Waals surface area contributed by atoms with E-state index >= 15 is 0 Å². The van der Waals surface area contributed by atoms with Crippen LogP contribution >= 0.6 is 23.5 Å². The molecule has 0 saturated heterocycles. The first kappa shape index (κ1) is 23.1. The summed E-state index contributed by atoms with van der Waals surface area (Å²) in [6.07, 6.45) is 20.6. The van der Waals surface area contributed by atoms with Gasteiger partial charge in [0.1, 0.15) is 0 Å². The Morgan fingerprint density at radius 2 is 1.54 bits per heavy atom. The number of carboxylic acid groups (broad SMARTS) is 2. The topological polar surface area (TPSA) is 92.4 Å². The van der Waals surface area contributed by atoms with Gasteiger partial charge in [-0.15, -0.1) is 0 Å². The zero-order valence-corrected chi connectivity index (χ0v) is 18.0. The van der Waals surface area contributed by atoms with E-state index in [-0.39, 0.29) is 0 Å². The third-order valence-corrected chi connectivity index (χ3v) is 8.47. The van der Waals surface area contributed by atoms with Crippen molar-refractivity contribution in [2.75, 3.05) is 5.75 Å². The smallest absolute Gasteiger partial charge is 0.414 e. The van der Waals surface area contributed by atoms with Crippen molar-refractivity contribution in [1.82, 2.24) is 9.55 Å². The van der Waals surface area contributed by atoms with Crippen LogP contribution in [0.15, 0.2) is 18.7 Å². The predicted octanol–water partition coefficient (Wildman–Crippen LogP) is 4.54. The number of rotatable bonds is 7. The molecule has 1 unspecified atom stereocenters. The van der Waals surface area contributed by atoms with Gasteiger partial charge in [0.05, 0.1) is 6.33 Å². The van der Waals surface area contributed by atoms with Gasteiger partial charge in [0.25, 0.3) is 0 Å². The summed E-state index contributed by atoms with van der Waals surface area (Å²) in [5.41, 5.74) is 0. The number of nitrogens with zero attached hydrogens (tertiary/aromatic N) is 2. The molecule has 0 bridgehead atoms. The van der Waals surface area contributed by atoms with Crippen LogP contribution in [0.1, 0.15) is 64.2 Å². The van der Waals surface area contributed by atoms with Gasteiger partial charge in [0.2, 0.25) is 0 Å². The summed E-state index contributed by atoms with van der Waals surface area (Å²) in [6.45, 7) is 1.14. The molecular weight excluding hydrogens is 396 g/mol. The van der Waals surface area contributed by atoms with Crippen molar-refractivity contribution in [1.29, 1.82) is 0 Å². The maximum Gasteiger partial charge on any atom is 0.414 e. The van der Waals surface area contributed by atoms with E-state index in [1.165, 1.54) is 70.0 Å². The van der Waals surface area contributed by atoms with Crippen molar-refractivity contribution in [3.05, 3.63) is 18.7 Å². The van der Waals surface area contributed by atoms with Gasteiger partial charge in [-0.3, -0.25) is 0 Å². The molecule has 2 saturated carbocycles. The molecule has 1 aromatic rings. The summed E-state index contributed by atoms with van der Waals surface area (Å²) < 4.78 is 2.28. The van der Waals surface area contributed by atoms with Gasteiger partial charge >= 0.3 is 11.9 Å². The van der Waals surface area contributed by atoms with Crippen molar-refractivity contribution in [2.24, 2.45) is 0 Å². The van der Waals surface area contributed by atoms with Crippen LogP contribution in [0.2, 0.25) is 0 Å². The predicted molar refractivity (Wildman–Crippen MR) is 115 cm³/mol. The lowest BCUT2D eigenvalue weighted by atomic mass is 10.0. The van der Waals surface area contributed by atoms with Crippen molar-refractivity contribution in [2.45, 2.75) is 86.5 Å². The molecule has 1 aromatic heterocycles. The lowest BCUT2D eigenvalue weighted by Gasteiger charge is -2.28. The highest BCUT2D eigenvalue weighted by Gasteiger charge is 2.22. The molecule has 0 amide bonds. The minimum Gasteiger partial charge on any atom is -0.473 e. The molecule has 0 spiro atoms. The zero-order chi connectivity index (χ0) is 20.2. The molecular formula is C20H32N2O4S2. The second-order valence-corrected chi connectivity index (χ2v) is 10.4. The van der Waals surface area contributed by atoms with Crippen molar-refractivity contribution < 1.29 is 19.8 Å². The van der Waals surface area contributed by atoms with Crippen molar-refractivity contribution >= 4 is 35.5 Å². The maximum absolute atomic E-state index is 9.10. The Morgan fingerprint density at radius 3 is 2.04 bits per heavy atom. The van der Waals surface area contributed by atoms with Gasteiger partial charge in [-0.05, 0) is 25.7 Å². The molecule has 1 atom stereocenters. The van der Waals surface area contributed by atoms with Gasteiger partial charge in [-0.25, -0.2) is 14.6 Å². The highest BCUT2D eigenvalue weighted by atomic mass is 32.2. The average Bonchev–Trinajstić information content (AvgIpc) is 3.21. The Bertz CT molecular complexity index is 559. The highest BCUT2D eigenvalue weighted by Crippen LogP contribution is 2.35. The second-order valence-electron chi connectivity index (χ2n) is 7.48. The van der Waals surface area contributed by atoms with Crippen molar-refractivity contribution in [3.63, 3.8) is 0 Å². The largest absolute Gasteiger partial charge is 0.473 e. The molecule has 0 radical (unpaired) electrons. The summed E-state index contributed by atoms with van der Waals surface area (Å²) in [5, 5.41) is 17.4. The molecule has 0 aromatic carbocycles. The Kier molecular flexibility index (Phi) is 10.9. The summed E-state index contributed by atoms with van der Waals surface area (Å²) >= 11 is 4.54. The highest BCUT2D eigenvalue weighted by molar-refractivity contribution is 8.03. The van der Waals surface area contributed by atoms with Crippen LogP contribution in [0.4, 0.5) is 0 Å². The molecule has 1 heterocycles. The fourth-order valence-electron chi connectivity index (χ4n) is 3.71. The number of hydrogen-bond acceptors (Lipinski definition) is 5. The van der Waals surface area contributed by atoms with E-state index in [2.05, 4.69) is 39.3 Å². The molecule has 6 nitrogen and oxygen atoms in total. The van der Waals surface area contributed by atoms with E-state index in [0.717, 1.165) is 22.3 Å². The maximum atomic E-state index is 9.10. The van der Waals surface area contributed by atoms with Gasteiger partial charge in [-0.2, -0.15) is 23.5 Å². The van der Waals surface area contributed by atoms with Crippen LogP contribution in [0.25, 0.3) is 0 Å². The molecule has 8 heteroatoms. The molecule has 2 aliphatic carbocycles. The number of aromatic nitrogens is 2. The van der Waals surface area contributed by atoms with Gasteiger partial charge in [0.15, 0.2) is 0 Å². The van der Waals surface area contributed by atoms with Crippen LogP contribution < -0.4 is 0 Å². The first-order chi connectivity index (χ1) is 13.5. The number of carboxylic acids is 2. The van der Waals surface area contributed by atoms with Crippen molar-refractivity contribution in [3.8, 4) is 0 Å². The third-order valence-electron chi connectivity index (χ3n) is 5.16. The fourth-order valence-corrected chi connectivity index (χ4v) is 6.93. The van der Waals surface area contributed by atoms with Crippen LogP contribution in [0.3, 0.4) is 0 Å². The van der Waals surface area contributed by atoms with Crippen LogP contribution in [0.5, 0.6) is 0 Å². The Balaban J connectivity index is 0.000000409. The number of hydrogen-bond donors (Lipinski definition) is 2. The molecule has 28 heavy (non-hydrogen) atoms. The van der Waals surface area contributed by atoms with E-state index in [4.69, 9.17) is 19.8 Å². The van der Waals surface area contributed by atoms with E-state index in [1.54, 1.807) is 0 Å². The first-order valence-corrected chi connectivity index (χ1v) is 12.2. The average molecular weight is 429 g/mol. The monoisotopic (exact) mass is 428 g/mol. The number of thioether (sulfide) groups is 2. The SMILES string of the molecule is O=C(O)C(=O)O.c1cn(CC(CSC2CCCCC2)SC2CCCCC2)cn1. The van der Waals surface area contributed by atoms with Crippen LogP contribution in [0, 0.1) is 0 Å². The standard InChI is InChI=1S/C18H30N2S2.C2H2O4/c1-3-7-16(8-4-1)21-14-18(13-20-12-11-19-15-20)22-17-9-5-2-6-10-17;3-1(4)2(5)6/h11-12,15-18H,1-10,13-14H2;(H,3,4)(H,5,6). The lowest BCUT2D eigenvalue weighted by molar-refractivity contribution is -0.159. The normalized spacial score (nSPS) is 19.4. The molecule has 2 aliphatic rings. The quantitative estimate of drug-likeness (QED) is 0.616. The molecule has 158 valence electrons. The van der Waals surface area contributed by atoms with Gasteiger partial charge in [0, 0.05) is 40.4 Å².